The molecule has 13 atom stereocenters. The molecule has 4 aliphatic rings. The van der Waals surface area contributed by atoms with Gasteiger partial charge in [-0.25, -0.2) is 0 Å². The summed E-state index contributed by atoms with van der Waals surface area (Å²) in [5.74, 6) is 1.98. The molecular weight excluding hydrogens is 1180 g/mol. The van der Waals surface area contributed by atoms with Gasteiger partial charge in [-0.2, -0.15) is 26.3 Å². The van der Waals surface area contributed by atoms with Crippen molar-refractivity contribution in [2.45, 2.75) is 252 Å². The summed E-state index contributed by atoms with van der Waals surface area (Å²) in [6, 6.07) is 11.8. The van der Waals surface area contributed by atoms with Crippen LogP contribution in [0.15, 0.2) is 95.4 Å². The van der Waals surface area contributed by atoms with Crippen molar-refractivity contribution in [1.82, 2.24) is 51.5 Å². The Labute approximate surface area is 549 Å². The largest absolute Gasteiger partial charge is 0.417 e. The van der Waals surface area contributed by atoms with E-state index in [1.807, 2.05) is 37.3 Å². The van der Waals surface area contributed by atoms with Gasteiger partial charge in [0.25, 0.3) is 0 Å². The third-order valence-corrected chi connectivity index (χ3v) is 20.8. The highest BCUT2D eigenvalue weighted by molar-refractivity contribution is 6.31. The Bertz CT molecular complexity index is 2660. The molecule has 5 unspecified atom stereocenters. The lowest BCUT2D eigenvalue weighted by atomic mass is 9.76. The van der Waals surface area contributed by atoms with Gasteiger partial charge >= 0.3 is 12.4 Å². The number of hydrogen-bond donors (Lipinski definition) is 6. The summed E-state index contributed by atoms with van der Waals surface area (Å²) < 4.78 is 88.9. The lowest BCUT2D eigenvalue weighted by Crippen LogP contribution is -2.73. The summed E-state index contributed by atoms with van der Waals surface area (Å²) in [6.07, 6.45) is 12.8. The first-order valence-corrected chi connectivity index (χ1v) is 34.9. The van der Waals surface area contributed by atoms with E-state index in [0.29, 0.717) is 86.3 Å². The van der Waals surface area contributed by atoms with Crippen molar-refractivity contribution in [2.24, 2.45) is 28.7 Å². The molecule has 1 saturated carbocycles. The average molecular weight is 1300 g/mol. The first kappa shape index (κ1) is 75.9. The van der Waals surface area contributed by atoms with Crippen molar-refractivity contribution < 1.29 is 31.1 Å². The number of alkyl halides is 6. The molecule has 1 aliphatic carbocycles. The molecule has 91 heavy (non-hydrogen) atoms. The highest BCUT2D eigenvalue weighted by Gasteiger charge is 2.50. The lowest BCUT2D eigenvalue weighted by Gasteiger charge is -2.60. The lowest BCUT2D eigenvalue weighted by molar-refractivity contribution is -0.138. The zero-order valence-corrected chi connectivity index (χ0v) is 58.6. The second kappa shape index (κ2) is 35.6. The number of aliphatic imine (C=N–C) groups is 1. The van der Waals surface area contributed by atoms with Crippen LogP contribution in [0, 0.1) is 23.7 Å². The van der Waals surface area contributed by atoms with E-state index in [9.17, 15) is 26.3 Å². The van der Waals surface area contributed by atoms with Crippen molar-refractivity contribution in [2.75, 3.05) is 52.9 Å². The number of rotatable bonds is 14. The second-order valence-corrected chi connectivity index (χ2v) is 28.0. The van der Waals surface area contributed by atoms with E-state index >= 15 is 0 Å². The number of nitrogens with zero attached hydrogens (tertiary/aromatic N) is 5. The minimum atomic E-state index is -4.57. The van der Waals surface area contributed by atoms with E-state index in [1.165, 1.54) is 30.7 Å². The van der Waals surface area contributed by atoms with Crippen LogP contribution < -0.4 is 31.9 Å². The smallest absolute Gasteiger partial charge is 0.369 e. The van der Waals surface area contributed by atoms with E-state index in [-0.39, 0.29) is 46.8 Å². The summed E-state index contributed by atoms with van der Waals surface area (Å²) in [6.45, 7) is 37.5. The van der Waals surface area contributed by atoms with E-state index in [1.54, 1.807) is 24.5 Å². The zero-order chi connectivity index (χ0) is 66.8. The van der Waals surface area contributed by atoms with Crippen LogP contribution in [-0.2, 0) is 29.9 Å². The molecule has 0 bridgehead atoms. The molecule has 3 aliphatic heterocycles. The standard InChI is InChI=1S/C72H116ClF6N11O/c1-16-49(7)66-42-84-65(39-48(5)6)53(11)83-43-67-51(9)55(13)90(67)69(50(8)17-2)54(12)86-70(33-20-21-34-70)47-80-44-68(91-19-4)82-35-32-60(30-26-58-27-31-63(64(73)41-58)72(77,78)79)81-36-38-87(15)45-62(40-57-24-28-59(29-25-57)71(74,75)76)88(18-3)46-61-23-22-37-89(61)56(14)52(10)85-66/h24-25,27-29,31-32,35-36,38,41,45-46,48-56,65-69,80-81,83-86H,16-23,26,30,33-34,37,39-40,42-44,47H2,1-15H3/t49-,50-,51+,52?,53?,54?,55?,56-,65-,66+,67?,68+,69-/m0/s1. The molecule has 12 nitrogen and oxygen atoms in total. The Morgan fingerprint density at radius 3 is 2.09 bits per heavy atom. The first-order chi connectivity index (χ1) is 43.1. The fraction of sp³-hybridized carbons (Fsp3) is 0.708. The minimum Gasteiger partial charge on any atom is -0.369 e. The Hall–Kier alpha value is -4.14. The molecule has 6 rings (SSSR count). The maximum absolute atomic E-state index is 13.8. The average Bonchev–Trinajstić information content (AvgIpc) is 1.10. The van der Waals surface area contributed by atoms with Crippen molar-refractivity contribution in [1.29, 1.82) is 0 Å². The van der Waals surface area contributed by atoms with Gasteiger partial charge in [0.15, 0.2) is 6.23 Å². The summed E-state index contributed by atoms with van der Waals surface area (Å²) in [4.78, 5) is 14.5. The van der Waals surface area contributed by atoms with Crippen molar-refractivity contribution in [3.05, 3.63) is 118 Å². The van der Waals surface area contributed by atoms with E-state index in [0.717, 1.165) is 106 Å². The van der Waals surface area contributed by atoms with Gasteiger partial charge in [-0.1, -0.05) is 104 Å². The Morgan fingerprint density at radius 2 is 1.46 bits per heavy atom. The van der Waals surface area contributed by atoms with Crippen LogP contribution in [0.2, 0.25) is 5.02 Å². The number of ether oxygens (including phenoxy) is 1. The van der Waals surface area contributed by atoms with Crippen LogP contribution in [0.3, 0.4) is 0 Å². The van der Waals surface area contributed by atoms with Crippen LogP contribution in [0.1, 0.15) is 183 Å². The SMILES string of the molecule is CCO[C@@H]1CNCC2(CCCC2)NC(C)[C@H]([C@@H](C)CC)N2C(C)[C@@H](C)C2CNC(C)[C@H](CC(C)C)NC[C@H]([C@@H](C)CC)NC(C)[C@H](C)N2CCCC2=CN(CC)C(Cc2ccc(C(F)(F)F)cc2)=CN(C)C=CNC(CCc2ccc(C(F)(F)F)c(Cl)c2)=CC=N1. The summed E-state index contributed by atoms with van der Waals surface area (Å²) >= 11 is 6.20. The molecule has 1 spiro atoms. The van der Waals surface area contributed by atoms with Gasteiger partial charge in [-0.15, -0.1) is 0 Å². The van der Waals surface area contributed by atoms with Gasteiger partial charge in [-0.3, -0.25) is 9.89 Å². The Morgan fingerprint density at radius 1 is 0.769 bits per heavy atom. The van der Waals surface area contributed by atoms with Crippen molar-refractivity contribution >= 4 is 17.8 Å². The number of likely N-dealkylation sites (N-methyl/N-ethyl adjacent to an activating group) is 1. The number of hydrogen-bond acceptors (Lipinski definition) is 12. The number of fused-ring (bicyclic) bond motifs is 2. The fourth-order valence-corrected chi connectivity index (χ4v) is 14.7. The monoisotopic (exact) mass is 1300 g/mol. The molecule has 0 amide bonds. The summed E-state index contributed by atoms with van der Waals surface area (Å²) in [5.41, 5.74) is 2.58. The fourth-order valence-electron chi connectivity index (χ4n) is 14.4. The van der Waals surface area contributed by atoms with E-state index in [2.05, 4.69) is 143 Å². The third kappa shape index (κ3) is 21.9. The maximum Gasteiger partial charge on any atom is 0.417 e. The Kier molecular flexibility index (Phi) is 29.7. The summed E-state index contributed by atoms with van der Waals surface area (Å²) in [7, 11) is 1.91. The Balaban J connectivity index is 1.38. The molecule has 2 saturated heterocycles. The molecule has 514 valence electrons. The molecule has 2 aromatic carbocycles. The van der Waals surface area contributed by atoms with Crippen LogP contribution in [0.25, 0.3) is 0 Å². The molecule has 2 aromatic rings. The topological polar surface area (TPSA) is 107 Å². The molecular formula is C72H116ClF6N11O. The van der Waals surface area contributed by atoms with Gasteiger partial charge < -0.3 is 51.3 Å². The van der Waals surface area contributed by atoms with Gasteiger partial charge in [-0.05, 0) is 159 Å². The van der Waals surface area contributed by atoms with Crippen LogP contribution in [0.5, 0.6) is 0 Å². The second-order valence-electron chi connectivity index (χ2n) is 27.6. The summed E-state index contributed by atoms with van der Waals surface area (Å²) in [5, 5.41) is 23.6. The number of nitrogens with one attached hydrogen (secondary N) is 6. The zero-order valence-electron chi connectivity index (χ0n) is 57.8. The van der Waals surface area contributed by atoms with Gasteiger partial charge in [0.1, 0.15) is 0 Å². The third-order valence-electron chi connectivity index (χ3n) is 20.5. The predicted molar refractivity (Wildman–Crippen MR) is 365 cm³/mol. The van der Waals surface area contributed by atoms with Gasteiger partial charge in [0.2, 0.25) is 0 Å². The quantitative estimate of drug-likeness (QED) is 0.102. The number of halogens is 7. The molecule has 3 fully saturated rings. The van der Waals surface area contributed by atoms with Crippen LogP contribution in [-0.4, -0.2) is 145 Å². The molecule has 0 radical (unpaired) electrons. The molecule has 0 aromatic heterocycles. The van der Waals surface area contributed by atoms with Crippen LogP contribution >= 0.6 is 11.6 Å². The van der Waals surface area contributed by atoms with Gasteiger partial charge in [0.05, 0.1) is 16.1 Å². The highest BCUT2D eigenvalue weighted by Crippen LogP contribution is 2.40. The molecule has 3 heterocycles. The minimum absolute atomic E-state index is 0.0867. The number of allylic oxidation sites excluding steroid dienone is 4. The number of benzene rings is 2. The molecule has 19 heteroatoms. The maximum atomic E-state index is 13.8. The predicted octanol–water partition coefficient (Wildman–Crippen LogP) is 14.7. The van der Waals surface area contributed by atoms with Crippen molar-refractivity contribution in [3.8, 4) is 0 Å². The van der Waals surface area contributed by atoms with E-state index < -0.39 is 29.7 Å². The van der Waals surface area contributed by atoms with E-state index in [4.69, 9.17) is 21.3 Å². The van der Waals surface area contributed by atoms with Gasteiger partial charge in [0, 0.05) is 167 Å². The number of aryl methyl sites for hydroxylation is 1. The highest BCUT2D eigenvalue weighted by atomic mass is 35.5. The van der Waals surface area contributed by atoms with Crippen molar-refractivity contribution in [3.63, 3.8) is 0 Å². The normalized spacial score (nSPS) is 28.8. The van der Waals surface area contributed by atoms with Crippen LogP contribution in [0.4, 0.5) is 26.3 Å². The molecule has 6 N–H and O–H groups in total. The first-order valence-electron chi connectivity index (χ1n) is 34.6.